The minimum Gasteiger partial charge on any atom is -0.291 e. The standard InChI is InChI=1S/C11H12N4OS/c1-7-3-5-8(6-4-7)9(16)12-10-13-11(17-2)15-14-10/h3-6H,1-2H3,(H2,12,13,14,15,16). The van der Waals surface area contributed by atoms with Gasteiger partial charge in [-0.05, 0) is 25.3 Å². The lowest BCUT2D eigenvalue weighted by atomic mass is 10.1. The predicted molar refractivity (Wildman–Crippen MR) is 67.3 cm³/mol. The molecule has 5 nitrogen and oxygen atoms in total. The molecule has 1 heterocycles. The summed E-state index contributed by atoms with van der Waals surface area (Å²) >= 11 is 1.41. The first kappa shape index (κ1) is 11.7. The van der Waals surface area contributed by atoms with Gasteiger partial charge in [0, 0.05) is 5.56 Å². The molecule has 1 aromatic carbocycles. The maximum atomic E-state index is 11.8. The van der Waals surface area contributed by atoms with Gasteiger partial charge in [0.1, 0.15) is 0 Å². The lowest BCUT2D eigenvalue weighted by Crippen LogP contribution is -2.12. The van der Waals surface area contributed by atoms with E-state index in [4.69, 9.17) is 0 Å². The summed E-state index contributed by atoms with van der Waals surface area (Å²) in [5.41, 5.74) is 1.71. The van der Waals surface area contributed by atoms with E-state index in [9.17, 15) is 4.79 Å². The van der Waals surface area contributed by atoms with E-state index in [0.29, 0.717) is 16.7 Å². The number of aryl methyl sites for hydroxylation is 1. The Kier molecular flexibility index (Phi) is 3.43. The molecular formula is C11H12N4OS. The average molecular weight is 248 g/mol. The molecule has 88 valence electrons. The van der Waals surface area contributed by atoms with Gasteiger partial charge in [0.15, 0.2) is 0 Å². The molecule has 0 fully saturated rings. The molecule has 0 saturated carbocycles. The summed E-state index contributed by atoms with van der Waals surface area (Å²) < 4.78 is 0. The molecule has 0 spiro atoms. The molecule has 0 radical (unpaired) electrons. The maximum Gasteiger partial charge on any atom is 0.258 e. The molecule has 2 N–H and O–H groups in total. The average Bonchev–Trinajstić information content (AvgIpc) is 2.77. The van der Waals surface area contributed by atoms with E-state index in [0.717, 1.165) is 5.56 Å². The van der Waals surface area contributed by atoms with E-state index in [1.807, 2.05) is 25.3 Å². The summed E-state index contributed by atoms with van der Waals surface area (Å²) in [6.45, 7) is 1.98. The fourth-order valence-corrected chi connectivity index (χ4v) is 1.60. The van der Waals surface area contributed by atoms with Crippen molar-refractivity contribution in [2.45, 2.75) is 12.1 Å². The lowest BCUT2D eigenvalue weighted by Gasteiger charge is -2.01. The third kappa shape index (κ3) is 2.85. The number of aromatic nitrogens is 3. The zero-order valence-corrected chi connectivity index (χ0v) is 10.3. The number of thioether (sulfide) groups is 1. The van der Waals surface area contributed by atoms with Crippen LogP contribution in [0.1, 0.15) is 15.9 Å². The van der Waals surface area contributed by atoms with Crippen LogP contribution in [0.2, 0.25) is 0 Å². The summed E-state index contributed by atoms with van der Waals surface area (Å²) in [5.74, 6) is 0.161. The van der Waals surface area contributed by atoms with Crippen LogP contribution in [-0.2, 0) is 0 Å². The van der Waals surface area contributed by atoms with E-state index in [1.54, 1.807) is 12.1 Å². The Labute approximate surface area is 103 Å². The van der Waals surface area contributed by atoms with Crippen LogP contribution in [0.4, 0.5) is 5.95 Å². The Balaban J connectivity index is 2.08. The number of rotatable bonds is 3. The first-order valence-electron chi connectivity index (χ1n) is 5.03. The van der Waals surface area contributed by atoms with Crippen molar-refractivity contribution in [2.75, 3.05) is 11.6 Å². The van der Waals surface area contributed by atoms with Crippen molar-refractivity contribution in [2.24, 2.45) is 0 Å². The Bertz CT molecular complexity index is 521. The topological polar surface area (TPSA) is 70.7 Å². The van der Waals surface area contributed by atoms with Crippen LogP contribution in [0.5, 0.6) is 0 Å². The molecule has 0 unspecified atom stereocenters. The highest BCUT2D eigenvalue weighted by atomic mass is 32.2. The first-order valence-corrected chi connectivity index (χ1v) is 6.26. The lowest BCUT2D eigenvalue weighted by molar-refractivity contribution is 0.102. The molecule has 1 aromatic heterocycles. The van der Waals surface area contributed by atoms with Gasteiger partial charge in [-0.3, -0.25) is 10.1 Å². The van der Waals surface area contributed by atoms with Crippen LogP contribution in [0, 0.1) is 6.92 Å². The fourth-order valence-electron chi connectivity index (χ4n) is 1.28. The van der Waals surface area contributed by atoms with Gasteiger partial charge < -0.3 is 0 Å². The van der Waals surface area contributed by atoms with Crippen LogP contribution >= 0.6 is 11.8 Å². The summed E-state index contributed by atoms with van der Waals surface area (Å²) in [4.78, 5) is 15.9. The number of anilines is 1. The van der Waals surface area contributed by atoms with Gasteiger partial charge in [-0.25, -0.2) is 5.10 Å². The van der Waals surface area contributed by atoms with Crippen molar-refractivity contribution in [1.82, 2.24) is 15.2 Å². The number of carbonyl (C=O) groups is 1. The van der Waals surface area contributed by atoms with Gasteiger partial charge in [-0.15, -0.1) is 5.10 Å². The second-order valence-corrected chi connectivity index (χ2v) is 4.26. The van der Waals surface area contributed by atoms with E-state index in [-0.39, 0.29) is 5.91 Å². The van der Waals surface area contributed by atoms with E-state index >= 15 is 0 Å². The fraction of sp³-hybridized carbons (Fsp3) is 0.182. The van der Waals surface area contributed by atoms with Crippen molar-refractivity contribution in [3.05, 3.63) is 35.4 Å². The molecule has 0 aliphatic heterocycles. The molecule has 2 rings (SSSR count). The molecule has 2 aromatic rings. The number of H-pyrrole nitrogens is 1. The predicted octanol–water partition coefficient (Wildman–Crippen LogP) is 2.09. The number of nitrogens with zero attached hydrogens (tertiary/aromatic N) is 2. The van der Waals surface area contributed by atoms with Crippen LogP contribution < -0.4 is 5.32 Å². The third-order valence-electron chi connectivity index (χ3n) is 2.19. The van der Waals surface area contributed by atoms with Gasteiger partial charge in [0.05, 0.1) is 0 Å². The molecule has 0 aliphatic carbocycles. The van der Waals surface area contributed by atoms with Crippen LogP contribution in [0.3, 0.4) is 0 Å². The summed E-state index contributed by atoms with van der Waals surface area (Å²) in [7, 11) is 0. The third-order valence-corrected chi connectivity index (χ3v) is 2.74. The molecule has 6 heteroatoms. The van der Waals surface area contributed by atoms with Gasteiger partial charge in [-0.2, -0.15) is 4.98 Å². The zero-order chi connectivity index (χ0) is 12.3. The monoisotopic (exact) mass is 248 g/mol. The SMILES string of the molecule is CSc1n[nH]c(NC(=O)c2ccc(C)cc2)n1. The highest BCUT2D eigenvalue weighted by molar-refractivity contribution is 7.98. The summed E-state index contributed by atoms with van der Waals surface area (Å²) in [6.07, 6.45) is 1.87. The molecule has 0 atom stereocenters. The molecular weight excluding hydrogens is 236 g/mol. The summed E-state index contributed by atoms with van der Waals surface area (Å²) in [6, 6.07) is 7.33. The zero-order valence-electron chi connectivity index (χ0n) is 9.52. The van der Waals surface area contributed by atoms with E-state index in [2.05, 4.69) is 20.5 Å². The smallest absolute Gasteiger partial charge is 0.258 e. The number of amides is 1. The number of hydrogen-bond donors (Lipinski definition) is 2. The Morgan fingerprint density at radius 3 is 2.65 bits per heavy atom. The van der Waals surface area contributed by atoms with Crippen molar-refractivity contribution >= 4 is 23.6 Å². The number of aromatic amines is 1. The second-order valence-electron chi connectivity index (χ2n) is 3.49. The molecule has 0 bridgehead atoms. The number of benzene rings is 1. The second kappa shape index (κ2) is 5.01. The number of nitrogens with one attached hydrogen (secondary N) is 2. The van der Waals surface area contributed by atoms with E-state index < -0.39 is 0 Å². The van der Waals surface area contributed by atoms with Crippen molar-refractivity contribution in [3.63, 3.8) is 0 Å². The highest BCUT2D eigenvalue weighted by Gasteiger charge is 2.08. The van der Waals surface area contributed by atoms with Crippen LogP contribution in [-0.4, -0.2) is 27.3 Å². The Hall–Kier alpha value is -1.82. The quantitative estimate of drug-likeness (QED) is 0.816. The van der Waals surface area contributed by atoms with Gasteiger partial charge in [0.25, 0.3) is 5.91 Å². The molecule has 0 saturated heterocycles. The largest absolute Gasteiger partial charge is 0.291 e. The van der Waals surface area contributed by atoms with Crippen molar-refractivity contribution < 1.29 is 4.79 Å². The normalized spacial score (nSPS) is 10.2. The van der Waals surface area contributed by atoms with Gasteiger partial charge >= 0.3 is 0 Å². The molecule has 17 heavy (non-hydrogen) atoms. The molecule has 1 amide bonds. The first-order chi connectivity index (χ1) is 8.19. The number of hydrogen-bond acceptors (Lipinski definition) is 4. The maximum absolute atomic E-state index is 11.8. The summed E-state index contributed by atoms with van der Waals surface area (Å²) in [5, 5.41) is 9.81. The number of carbonyl (C=O) groups excluding carboxylic acids is 1. The van der Waals surface area contributed by atoms with Crippen molar-refractivity contribution in [3.8, 4) is 0 Å². The minimum atomic E-state index is -0.200. The van der Waals surface area contributed by atoms with Gasteiger partial charge in [0.2, 0.25) is 11.1 Å². The van der Waals surface area contributed by atoms with Gasteiger partial charge in [-0.1, -0.05) is 29.5 Å². The molecule has 0 aliphatic rings. The van der Waals surface area contributed by atoms with Crippen molar-refractivity contribution in [1.29, 1.82) is 0 Å². The highest BCUT2D eigenvalue weighted by Crippen LogP contribution is 2.11. The van der Waals surface area contributed by atoms with Crippen LogP contribution in [0.15, 0.2) is 29.4 Å². The Morgan fingerprint density at radius 2 is 2.06 bits per heavy atom. The van der Waals surface area contributed by atoms with E-state index in [1.165, 1.54) is 11.8 Å². The van der Waals surface area contributed by atoms with Crippen LogP contribution in [0.25, 0.3) is 0 Å². The Morgan fingerprint density at radius 1 is 1.35 bits per heavy atom. The minimum absolute atomic E-state index is 0.200.